The van der Waals surface area contributed by atoms with Crippen molar-refractivity contribution < 1.29 is 14.3 Å². The van der Waals surface area contributed by atoms with Gasteiger partial charge < -0.3 is 15.0 Å². The fraction of sp³-hybridized carbons (Fsp3) is 0.400. The summed E-state index contributed by atoms with van der Waals surface area (Å²) in [7, 11) is 1.30. The summed E-state index contributed by atoms with van der Waals surface area (Å²) in [6.45, 7) is 8.01. The van der Waals surface area contributed by atoms with Crippen molar-refractivity contribution in [1.82, 2.24) is 19.8 Å². The molecule has 0 atom stereocenters. The number of halogens is 1. The van der Waals surface area contributed by atoms with Crippen LogP contribution in [-0.2, 0) is 19.7 Å². The molecule has 0 aliphatic heterocycles. The van der Waals surface area contributed by atoms with Gasteiger partial charge in [-0.25, -0.2) is 0 Å². The third-order valence-corrected chi connectivity index (χ3v) is 4.88. The highest BCUT2D eigenvalue weighted by Gasteiger charge is 2.25. The van der Waals surface area contributed by atoms with Crippen molar-refractivity contribution >= 4 is 34.8 Å². The Labute approximate surface area is 173 Å². The number of H-pyrrole nitrogens is 1. The first-order valence-electron chi connectivity index (χ1n) is 9.23. The number of carbonyl (C=O) groups excluding carboxylic acids is 2. The van der Waals surface area contributed by atoms with Crippen molar-refractivity contribution in [2.24, 2.45) is 0 Å². The molecule has 3 aromatic rings. The molecule has 0 bridgehead atoms. The Hall–Kier alpha value is -2.87. The van der Waals surface area contributed by atoms with Gasteiger partial charge in [0, 0.05) is 23.1 Å². The van der Waals surface area contributed by atoms with Gasteiger partial charge in [-0.15, -0.1) is 9.73 Å². The zero-order chi connectivity index (χ0) is 21.3. The number of hydrogen-bond acceptors (Lipinski definition) is 5. The molecule has 154 valence electrons. The lowest BCUT2D eigenvalue weighted by Crippen LogP contribution is -2.14. The summed E-state index contributed by atoms with van der Waals surface area (Å²) in [5.41, 5.74) is 3.51. The number of ether oxygens (including phenoxy) is 1. The van der Waals surface area contributed by atoms with E-state index in [1.807, 2.05) is 45.9 Å². The number of hydrogen-bond donors (Lipinski definition) is 2. The summed E-state index contributed by atoms with van der Waals surface area (Å²) in [4.78, 5) is 26.6. The summed E-state index contributed by atoms with van der Waals surface area (Å²) in [5.74, 6) is -0.0984. The summed E-state index contributed by atoms with van der Waals surface area (Å²) < 4.78 is 6.05. The van der Waals surface area contributed by atoms with Gasteiger partial charge in [0.1, 0.15) is 5.02 Å². The average molecular weight is 418 g/mol. The number of benzene rings is 1. The van der Waals surface area contributed by atoms with Crippen LogP contribution in [-0.4, -0.2) is 38.8 Å². The third-order valence-electron chi connectivity index (χ3n) is 4.52. The Morgan fingerprint density at radius 2 is 1.97 bits per heavy atom. The first-order chi connectivity index (χ1) is 13.6. The second-order valence-corrected chi connectivity index (χ2v) is 8.26. The number of amides is 1. The number of fused-ring (bicyclic) bond motifs is 1. The first-order valence-corrected chi connectivity index (χ1v) is 9.60. The fourth-order valence-electron chi connectivity index (χ4n) is 2.84. The van der Waals surface area contributed by atoms with Gasteiger partial charge in [0.15, 0.2) is 11.5 Å². The van der Waals surface area contributed by atoms with E-state index in [0.29, 0.717) is 22.2 Å². The van der Waals surface area contributed by atoms with Gasteiger partial charge in [0.25, 0.3) is 0 Å². The molecule has 2 aromatic heterocycles. The molecule has 1 amide bonds. The van der Waals surface area contributed by atoms with E-state index < -0.39 is 5.97 Å². The second kappa shape index (κ2) is 7.87. The number of nitrogens with one attached hydrogen (secondary N) is 2. The van der Waals surface area contributed by atoms with Crippen LogP contribution >= 0.6 is 11.6 Å². The van der Waals surface area contributed by atoms with E-state index >= 15 is 0 Å². The number of methoxy groups -OCH3 is 1. The van der Waals surface area contributed by atoms with Gasteiger partial charge in [-0.2, -0.15) is 5.10 Å². The molecule has 0 spiro atoms. The number of aromatic nitrogens is 4. The maximum atomic E-state index is 12.1. The number of carbonyl (C=O) groups is 2. The highest BCUT2D eigenvalue weighted by Crippen LogP contribution is 2.32. The molecule has 0 saturated heterocycles. The summed E-state index contributed by atoms with van der Waals surface area (Å²) in [6, 6.07) is 5.61. The van der Waals surface area contributed by atoms with Gasteiger partial charge in [0.2, 0.25) is 5.91 Å². The van der Waals surface area contributed by atoms with Gasteiger partial charge in [-0.05, 0) is 18.6 Å². The van der Waals surface area contributed by atoms with Gasteiger partial charge in [0.05, 0.1) is 19.2 Å². The van der Waals surface area contributed by atoms with Crippen LogP contribution in [0.15, 0.2) is 18.2 Å². The molecule has 3 rings (SSSR count). The normalized spacial score (nSPS) is 11.7. The van der Waals surface area contributed by atoms with Crippen molar-refractivity contribution in [2.45, 2.75) is 46.0 Å². The largest absolute Gasteiger partial charge is 0.469 e. The molecule has 2 heterocycles. The van der Waals surface area contributed by atoms with Crippen LogP contribution in [0.4, 0.5) is 5.69 Å². The van der Waals surface area contributed by atoms with Crippen LogP contribution < -0.4 is 5.32 Å². The quantitative estimate of drug-likeness (QED) is 0.613. The van der Waals surface area contributed by atoms with Crippen LogP contribution in [0.3, 0.4) is 0 Å². The zero-order valence-corrected chi connectivity index (χ0v) is 17.8. The molecule has 29 heavy (non-hydrogen) atoms. The maximum absolute atomic E-state index is 12.1. The minimum absolute atomic E-state index is 0.0328. The Kier molecular flexibility index (Phi) is 5.66. The molecule has 0 saturated carbocycles. The van der Waals surface area contributed by atoms with E-state index in [1.165, 1.54) is 11.7 Å². The number of anilines is 1. The first kappa shape index (κ1) is 20.9. The molecular formula is C20H24ClN5O3. The minimum Gasteiger partial charge on any atom is -0.469 e. The van der Waals surface area contributed by atoms with Crippen LogP contribution in [0.5, 0.6) is 0 Å². The molecule has 9 heteroatoms. The average Bonchev–Trinajstić information content (AvgIpc) is 3.21. The lowest BCUT2D eigenvalue weighted by molar-refractivity contribution is -0.141. The molecule has 1 aromatic carbocycles. The molecule has 0 fully saturated rings. The highest BCUT2D eigenvalue weighted by atomic mass is 35.5. The topological polar surface area (TPSA) is 101 Å². The number of nitrogens with zero attached hydrogens (tertiary/aromatic N) is 3. The van der Waals surface area contributed by atoms with Crippen molar-refractivity contribution in [2.75, 3.05) is 12.4 Å². The predicted molar refractivity (Wildman–Crippen MR) is 111 cm³/mol. The van der Waals surface area contributed by atoms with E-state index in [9.17, 15) is 9.59 Å². The maximum Gasteiger partial charge on any atom is 0.306 e. The van der Waals surface area contributed by atoms with Crippen molar-refractivity contribution in [1.29, 1.82) is 0 Å². The van der Waals surface area contributed by atoms with Crippen LogP contribution in [0, 0.1) is 6.92 Å². The standard InChI is InChI=1S/C20H24ClN5O3/c1-11-6-7-12(10-13(11)22-14(27)8-9-15(28)29-5)18-23-19-16(21)17(20(2,3)4)24-26(19)25-18/h6-7,10H,8-9H2,1-5H3,(H,22,27)(H,23,25). The third kappa shape index (κ3) is 4.42. The molecule has 0 aliphatic carbocycles. The highest BCUT2D eigenvalue weighted by molar-refractivity contribution is 6.34. The van der Waals surface area contributed by atoms with E-state index in [-0.39, 0.29) is 24.2 Å². The molecule has 0 aliphatic rings. The van der Waals surface area contributed by atoms with Crippen LogP contribution in [0.1, 0.15) is 44.9 Å². The Balaban J connectivity index is 1.85. The van der Waals surface area contributed by atoms with Gasteiger partial charge >= 0.3 is 5.97 Å². The Morgan fingerprint density at radius 1 is 1.24 bits per heavy atom. The van der Waals surface area contributed by atoms with Gasteiger partial charge in [-0.1, -0.05) is 44.5 Å². The number of rotatable bonds is 5. The van der Waals surface area contributed by atoms with Crippen molar-refractivity contribution in [3.63, 3.8) is 0 Å². The van der Waals surface area contributed by atoms with E-state index in [1.54, 1.807) is 0 Å². The monoisotopic (exact) mass is 417 g/mol. The van der Waals surface area contributed by atoms with Crippen molar-refractivity contribution in [3.05, 3.63) is 34.5 Å². The van der Waals surface area contributed by atoms with Crippen LogP contribution in [0.25, 0.3) is 17.0 Å². The zero-order valence-electron chi connectivity index (χ0n) is 17.1. The molecular weight excluding hydrogens is 394 g/mol. The molecule has 0 unspecified atom stereocenters. The minimum atomic E-state index is -0.420. The second-order valence-electron chi connectivity index (χ2n) is 7.88. The van der Waals surface area contributed by atoms with Gasteiger partial charge in [-0.3, -0.25) is 9.59 Å². The molecule has 2 N–H and O–H groups in total. The van der Waals surface area contributed by atoms with Crippen molar-refractivity contribution in [3.8, 4) is 11.4 Å². The molecule has 8 nitrogen and oxygen atoms in total. The summed E-state index contributed by atoms with van der Waals surface area (Å²) in [6.07, 6.45) is 0.0845. The van der Waals surface area contributed by atoms with Crippen LogP contribution in [0.2, 0.25) is 5.02 Å². The number of esters is 1. The summed E-state index contributed by atoms with van der Waals surface area (Å²) in [5, 5.41) is 12.4. The number of aryl methyl sites for hydroxylation is 1. The summed E-state index contributed by atoms with van der Waals surface area (Å²) >= 11 is 6.49. The van der Waals surface area contributed by atoms with E-state index in [4.69, 9.17) is 11.6 Å². The smallest absolute Gasteiger partial charge is 0.306 e. The lowest BCUT2D eigenvalue weighted by atomic mass is 9.92. The molecule has 0 radical (unpaired) electrons. The number of aromatic amines is 1. The lowest BCUT2D eigenvalue weighted by Gasteiger charge is -2.14. The Morgan fingerprint density at radius 3 is 2.59 bits per heavy atom. The Bertz CT molecular complexity index is 1080. The predicted octanol–water partition coefficient (Wildman–Crippen LogP) is 3.88. The SMILES string of the molecule is COC(=O)CCC(=O)Nc1cc(-c2nn3nc(C(C)(C)C)c(Cl)c3[nH]2)ccc1C. The van der Waals surface area contributed by atoms with E-state index in [0.717, 1.165) is 16.8 Å². The fourth-order valence-corrected chi connectivity index (χ4v) is 3.29. The van der Waals surface area contributed by atoms with E-state index in [2.05, 4.69) is 25.2 Å².